The molecular weight excluding hydrogens is 242 g/mol. The van der Waals surface area contributed by atoms with Crippen molar-refractivity contribution in [3.8, 4) is 0 Å². The lowest BCUT2D eigenvalue weighted by atomic mass is 9.89. The first-order chi connectivity index (χ1) is 8.97. The maximum atomic E-state index is 12.4. The van der Waals surface area contributed by atoms with Gasteiger partial charge in [0.2, 0.25) is 5.91 Å². The smallest absolute Gasteiger partial charge is 0.326 e. The van der Waals surface area contributed by atoms with E-state index in [2.05, 4.69) is 6.92 Å². The molecule has 2 atom stereocenters. The molecule has 4 heteroatoms. The van der Waals surface area contributed by atoms with Gasteiger partial charge in [-0.1, -0.05) is 39.0 Å². The summed E-state index contributed by atoms with van der Waals surface area (Å²) in [6.07, 6.45) is 7.78. The van der Waals surface area contributed by atoms with Crippen molar-refractivity contribution in [1.29, 1.82) is 0 Å². The van der Waals surface area contributed by atoms with Crippen LogP contribution in [0.2, 0.25) is 0 Å². The van der Waals surface area contributed by atoms with Crippen molar-refractivity contribution in [2.75, 3.05) is 7.05 Å². The van der Waals surface area contributed by atoms with E-state index in [1.54, 1.807) is 14.0 Å². The summed E-state index contributed by atoms with van der Waals surface area (Å²) in [6.45, 7) is 3.65. The fourth-order valence-electron chi connectivity index (χ4n) is 2.98. The fourth-order valence-corrected chi connectivity index (χ4v) is 2.98. The van der Waals surface area contributed by atoms with E-state index in [9.17, 15) is 9.59 Å². The van der Waals surface area contributed by atoms with Gasteiger partial charge in [-0.3, -0.25) is 4.79 Å². The van der Waals surface area contributed by atoms with Gasteiger partial charge in [0.05, 0.1) is 0 Å². The van der Waals surface area contributed by atoms with Gasteiger partial charge in [-0.2, -0.15) is 0 Å². The highest BCUT2D eigenvalue weighted by Gasteiger charge is 2.30. The second-order valence-corrected chi connectivity index (χ2v) is 5.84. The molecule has 0 aliphatic heterocycles. The normalized spacial score (nSPS) is 19.1. The molecular formula is C15H27NO3. The number of carboxylic acids is 1. The average molecular weight is 269 g/mol. The van der Waals surface area contributed by atoms with Crippen LogP contribution >= 0.6 is 0 Å². The van der Waals surface area contributed by atoms with Gasteiger partial charge in [0.1, 0.15) is 6.04 Å². The van der Waals surface area contributed by atoms with Crippen LogP contribution in [0, 0.1) is 11.8 Å². The SMILES string of the molecule is CCCC(CC1CCCC1)C(=O)N(C)C(C)C(=O)O. The van der Waals surface area contributed by atoms with Crippen LogP contribution in [0.1, 0.15) is 58.8 Å². The Kier molecular flexibility index (Phi) is 6.32. The molecule has 0 heterocycles. The van der Waals surface area contributed by atoms with E-state index < -0.39 is 12.0 Å². The lowest BCUT2D eigenvalue weighted by Gasteiger charge is -2.28. The molecule has 19 heavy (non-hydrogen) atoms. The van der Waals surface area contributed by atoms with Crippen molar-refractivity contribution in [1.82, 2.24) is 4.90 Å². The Balaban J connectivity index is 2.62. The minimum atomic E-state index is -0.938. The third-order valence-corrected chi connectivity index (χ3v) is 4.36. The molecule has 0 radical (unpaired) electrons. The Hall–Kier alpha value is -1.06. The minimum absolute atomic E-state index is 0.0000926. The lowest BCUT2D eigenvalue weighted by Crippen LogP contribution is -2.43. The zero-order valence-corrected chi connectivity index (χ0v) is 12.4. The molecule has 1 amide bonds. The third kappa shape index (κ3) is 4.51. The topological polar surface area (TPSA) is 57.6 Å². The summed E-state index contributed by atoms with van der Waals surface area (Å²) < 4.78 is 0. The standard InChI is InChI=1S/C15H27NO3/c1-4-7-13(10-12-8-5-6-9-12)14(17)16(3)11(2)15(18)19/h11-13H,4-10H2,1-3H3,(H,18,19). The molecule has 1 aliphatic rings. The van der Waals surface area contributed by atoms with E-state index in [1.807, 2.05) is 0 Å². The number of nitrogens with zero attached hydrogens (tertiary/aromatic N) is 1. The van der Waals surface area contributed by atoms with Crippen LogP contribution < -0.4 is 0 Å². The van der Waals surface area contributed by atoms with E-state index >= 15 is 0 Å². The third-order valence-electron chi connectivity index (χ3n) is 4.36. The average Bonchev–Trinajstić information content (AvgIpc) is 2.88. The van der Waals surface area contributed by atoms with E-state index in [0.29, 0.717) is 5.92 Å². The van der Waals surface area contributed by atoms with Crippen molar-refractivity contribution in [2.24, 2.45) is 11.8 Å². The van der Waals surface area contributed by atoms with Gasteiger partial charge in [-0.05, 0) is 25.7 Å². The molecule has 110 valence electrons. The molecule has 0 aromatic heterocycles. The highest BCUT2D eigenvalue weighted by Crippen LogP contribution is 2.32. The van der Waals surface area contributed by atoms with Crippen LogP contribution in [0.5, 0.6) is 0 Å². The first-order valence-electron chi connectivity index (χ1n) is 7.46. The highest BCUT2D eigenvalue weighted by molar-refractivity contribution is 5.84. The Bertz CT molecular complexity index is 311. The number of carbonyl (C=O) groups excluding carboxylic acids is 1. The predicted molar refractivity (Wildman–Crippen MR) is 74.8 cm³/mol. The van der Waals surface area contributed by atoms with Crippen molar-refractivity contribution in [3.63, 3.8) is 0 Å². The molecule has 2 unspecified atom stereocenters. The predicted octanol–water partition coefficient (Wildman–Crippen LogP) is 2.91. The number of rotatable bonds is 7. The summed E-state index contributed by atoms with van der Waals surface area (Å²) in [5.74, 6) is -0.274. The summed E-state index contributed by atoms with van der Waals surface area (Å²) in [4.78, 5) is 24.8. The van der Waals surface area contributed by atoms with Gasteiger partial charge in [-0.15, -0.1) is 0 Å². The first-order valence-corrected chi connectivity index (χ1v) is 7.46. The quantitative estimate of drug-likeness (QED) is 0.773. The Morgan fingerprint density at radius 3 is 2.37 bits per heavy atom. The minimum Gasteiger partial charge on any atom is -0.480 e. The van der Waals surface area contributed by atoms with Crippen molar-refractivity contribution < 1.29 is 14.7 Å². The maximum absolute atomic E-state index is 12.4. The number of carbonyl (C=O) groups is 2. The molecule has 0 saturated heterocycles. The zero-order chi connectivity index (χ0) is 14.4. The second-order valence-electron chi connectivity index (χ2n) is 5.84. The van der Waals surface area contributed by atoms with Crippen molar-refractivity contribution >= 4 is 11.9 Å². The number of carboxylic acid groups (broad SMARTS) is 1. The Labute approximate surface area is 116 Å². The van der Waals surface area contributed by atoms with Crippen molar-refractivity contribution in [3.05, 3.63) is 0 Å². The molecule has 4 nitrogen and oxygen atoms in total. The van der Waals surface area contributed by atoms with Crippen LogP contribution in [-0.4, -0.2) is 35.0 Å². The Morgan fingerprint density at radius 2 is 1.89 bits per heavy atom. The van der Waals surface area contributed by atoms with Crippen molar-refractivity contribution in [2.45, 2.75) is 64.8 Å². The summed E-state index contributed by atoms with van der Waals surface area (Å²) >= 11 is 0. The Morgan fingerprint density at radius 1 is 1.32 bits per heavy atom. The number of likely N-dealkylation sites (N-methyl/N-ethyl adjacent to an activating group) is 1. The summed E-state index contributed by atoms with van der Waals surface area (Å²) in [7, 11) is 1.61. The van der Waals surface area contributed by atoms with Gasteiger partial charge in [0.25, 0.3) is 0 Å². The number of hydrogen-bond donors (Lipinski definition) is 1. The van der Waals surface area contributed by atoms with E-state index in [0.717, 1.165) is 19.3 Å². The molecule has 1 saturated carbocycles. The molecule has 0 aromatic rings. The molecule has 1 aliphatic carbocycles. The molecule has 1 N–H and O–H groups in total. The monoisotopic (exact) mass is 269 g/mol. The maximum Gasteiger partial charge on any atom is 0.326 e. The second kappa shape index (κ2) is 7.51. The van der Waals surface area contributed by atoms with Gasteiger partial charge in [0, 0.05) is 13.0 Å². The summed E-state index contributed by atoms with van der Waals surface area (Å²) in [6, 6.07) is -0.740. The van der Waals surface area contributed by atoms with Gasteiger partial charge in [0.15, 0.2) is 0 Å². The first kappa shape index (κ1) is 16.0. The van der Waals surface area contributed by atoms with E-state index in [1.165, 1.54) is 30.6 Å². The largest absolute Gasteiger partial charge is 0.480 e. The van der Waals surface area contributed by atoms with Gasteiger partial charge < -0.3 is 10.0 Å². The van der Waals surface area contributed by atoms with Crippen LogP contribution in [0.15, 0.2) is 0 Å². The number of hydrogen-bond acceptors (Lipinski definition) is 2. The van der Waals surface area contributed by atoms with Crippen LogP contribution in [0.3, 0.4) is 0 Å². The van der Waals surface area contributed by atoms with Gasteiger partial charge in [-0.25, -0.2) is 4.79 Å². The molecule has 0 spiro atoms. The van der Waals surface area contributed by atoms with E-state index in [4.69, 9.17) is 5.11 Å². The molecule has 0 aromatic carbocycles. The fraction of sp³-hybridized carbons (Fsp3) is 0.867. The number of amides is 1. The molecule has 1 fully saturated rings. The highest BCUT2D eigenvalue weighted by atomic mass is 16.4. The number of aliphatic carboxylic acids is 1. The molecule has 1 rings (SSSR count). The van der Waals surface area contributed by atoms with Crippen LogP contribution in [0.4, 0.5) is 0 Å². The summed E-state index contributed by atoms with van der Waals surface area (Å²) in [5, 5.41) is 9.00. The lowest BCUT2D eigenvalue weighted by molar-refractivity contribution is -0.150. The van der Waals surface area contributed by atoms with Gasteiger partial charge >= 0.3 is 5.97 Å². The van der Waals surface area contributed by atoms with E-state index in [-0.39, 0.29) is 11.8 Å². The summed E-state index contributed by atoms with van der Waals surface area (Å²) in [5.41, 5.74) is 0. The van der Waals surface area contributed by atoms with Crippen LogP contribution in [0.25, 0.3) is 0 Å². The zero-order valence-electron chi connectivity index (χ0n) is 12.4. The van der Waals surface area contributed by atoms with Crippen LogP contribution in [-0.2, 0) is 9.59 Å². The molecule has 0 bridgehead atoms.